The van der Waals surface area contributed by atoms with Crippen LogP contribution in [-0.2, 0) is 6.42 Å². The fourth-order valence-corrected chi connectivity index (χ4v) is 6.60. The van der Waals surface area contributed by atoms with Crippen molar-refractivity contribution in [3.8, 4) is 5.75 Å². The van der Waals surface area contributed by atoms with E-state index in [4.69, 9.17) is 4.74 Å². The van der Waals surface area contributed by atoms with E-state index in [0.29, 0.717) is 23.9 Å². The average Bonchev–Trinajstić information content (AvgIpc) is 3.64. The molecule has 0 saturated carbocycles. The molecule has 2 aromatic rings. The van der Waals surface area contributed by atoms with Crippen molar-refractivity contribution < 1.29 is 14.3 Å². The van der Waals surface area contributed by atoms with E-state index in [2.05, 4.69) is 64.1 Å². The molecule has 2 saturated heterocycles. The molecule has 2 aromatic carbocycles. The molecule has 9 nitrogen and oxygen atoms in total. The fourth-order valence-electron chi connectivity index (χ4n) is 6.60. The van der Waals surface area contributed by atoms with Gasteiger partial charge in [0.1, 0.15) is 11.9 Å². The summed E-state index contributed by atoms with van der Waals surface area (Å²) < 4.78 is 5.20. The first-order chi connectivity index (χ1) is 18.8. The lowest BCUT2D eigenvalue weighted by molar-refractivity contribution is 0.0475. The van der Waals surface area contributed by atoms with Crippen LogP contribution in [0.2, 0.25) is 0 Å². The summed E-state index contributed by atoms with van der Waals surface area (Å²) in [5.74, 6) is 0.515. The number of hydrogen-bond acceptors (Lipinski definition) is 6. The summed E-state index contributed by atoms with van der Waals surface area (Å²) >= 11 is 0. The first kappa shape index (κ1) is 25.7. The zero-order valence-electron chi connectivity index (χ0n) is 22.9. The van der Waals surface area contributed by atoms with E-state index in [-0.39, 0.29) is 18.0 Å². The molecule has 0 radical (unpaired) electrons. The molecule has 3 amide bonds. The van der Waals surface area contributed by atoms with Crippen molar-refractivity contribution in [2.45, 2.75) is 56.9 Å². The molecule has 206 valence electrons. The molecule has 1 unspecified atom stereocenters. The van der Waals surface area contributed by atoms with Crippen LogP contribution in [0.25, 0.3) is 0 Å². The number of urea groups is 1. The van der Waals surface area contributed by atoms with Gasteiger partial charge in [-0.3, -0.25) is 9.69 Å². The van der Waals surface area contributed by atoms with E-state index < -0.39 is 11.7 Å². The Hall–Kier alpha value is -3.56. The monoisotopic (exact) mass is 530 g/mol. The van der Waals surface area contributed by atoms with Crippen molar-refractivity contribution >= 4 is 11.9 Å². The van der Waals surface area contributed by atoms with E-state index >= 15 is 0 Å². The number of amides is 3. The molecule has 0 aliphatic carbocycles. The number of methoxy groups -OCH3 is 1. The highest BCUT2D eigenvalue weighted by Gasteiger charge is 2.50. The zero-order valence-corrected chi connectivity index (χ0v) is 22.9. The number of piperazine rings is 1. The van der Waals surface area contributed by atoms with E-state index in [1.807, 2.05) is 11.0 Å². The Morgan fingerprint density at radius 3 is 2.59 bits per heavy atom. The Kier molecular flexibility index (Phi) is 6.72. The highest BCUT2D eigenvalue weighted by Crippen LogP contribution is 2.38. The van der Waals surface area contributed by atoms with Gasteiger partial charge in [0.25, 0.3) is 5.91 Å². The van der Waals surface area contributed by atoms with Crippen LogP contribution in [-0.4, -0.2) is 83.7 Å². The second-order valence-electron chi connectivity index (χ2n) is 11.5. The molecule has 4 aliphatic heterocycles. The van der Waals surface area contributed by atoms with Gasteiger partial charge in [-0.2, -0.15) is 0 Å². The lowest BCUT2D eigenvalue weighted by atomic mass is 9.98. The first-order valence-corrected chi connectivity index (χ1v) is 13.9. The number of hydrogen-bond donors (Lipinski definition) is 3. The third kappa shape index (κ3) is 4.74. The summed E-state index contributed by atoms with van der Waals surface area (Å²) in [5, 5.41) is 3.08. The Morgan fingerprint density at radius 2 is 1.85 bits per heavy atom. The minimum atomic E-state index is -0.539. The molecule has 3 atom stereocenters. The molecule has 4 aliphatic rings. The number of carbonyl (C=O) groups excluding carboxylic acids is 2. The van der Waals surface area contributed by atoms with E-state index in [0.717, 1.165) is 43.7 Å². The second kappa shape index (κ2) is 10.2. The van der Waals surface area contributed by atoms with Crippen LogP contribution >= 0.6 is 0 Å². The summed E-state index contributed by atoms with van der Waals surface area (Å²) in [4.78, 5) is 34.0. The molecule has 4 heterocycles. The van der Waals surface area contributed by atoms with E-state index in [1.54, 1.807) is 31.4 Å². The smallest absolute Gasteiger partial charge is 0.321 e. The standard InChI is InChI=1S/C30H38N6O3/c1-30(2)26-25(27(33-32-26)31-28(37)21-11-13-24(39-3)14-12-21)19-36(30)29(38)35-18-22-10-7-15-34(22)17-23(35)16-20-8-5-4-6-9-20/h4-6,8-9,11-14,22-23,27,32-33H,7,10,15-19H2,1-3H3,(H,31,37)/t22-,23-,27?/m0/s1. The van der Waals surface area contributed by atoms with Crippen molar-refractivity contribution in [2.24, 2.45) is 0 Å². The van der Waals surface area contributed by atoms with Crippen LogP contribution in [0.15, 0.2) is 65.9 Å². The van der Waals surface area contributed by atoms with Crippen LogP contribution in [0.5, 0.6) is 5.75 Å². The summed E-state index contributed by atoms with van der Waals surface area (Å²) in [6, 6.07) is 18.1. The maximum atomic E-state index is 14.3. The van der Waals surface area contributed by atoms with Gasteiger partial charge < -0.3 is 25.3 Å². The zero-order chi connectivity index (χ0) is 27.1. The molecule has 0 spiro atoms. The minimum absolute atomic E-state index is 0.0731. The molecule has 0 aromatic heterocycles. The molecule has 6 rings (SSSR count). The van der Waals surface area contributed by atoms with Gasteiger partial charge in [0.2, 0.25) is 0 Å². The van der Waals surface area contributed by atoms with Crippen LogP contribution in [0.4, 0.5) is 4.79 Å². The molecule has 3 N–H and O–H groups in total. The average molecular weight is 531 g/mol. The summed E-state index contributed by atoms with van der Waals surface area (Å²) in [6.45, 7) is 7.40. The summed E-state index contributed by atoms with van der Waals surface area (Å²) in [5.41, 5.74) is 9.71. The lowest BCUT2D eigenvalue weighted by Crippen LogP contribution is -2.63. The highest BCUT2D eigenvalue weighted by molar-refractivity contribution is 5.94. The van der Waals surface area contributed by atoms with Crippen molar-refractivity contribution in [1.29, 1.82) is 0 Å². The van der Waals surface area contributed by atoms with Crippen molar-refractivity contribution in [2.75, 3.05) is 33.3 Å². The van der Waals surface area contributed by atoms with E-state index in [9.17, 15) is 9.59 Å². The van der Waals surface area contributed by atoms with Crippen molar-refractivity contribution in [1.82, 2.24) is 30.9 Å². The van der Waals surface area contributed by atoms with Gasteiger partial charge in [0.05, 0.1) is 24.4 Å². The third-order valence-corrected chi connectivity index (χ3v) is 8.84. The first-order valence-electron chi connectivity index (χ1n) is 13.9. The number of nitrogens with zero attached hydrogens (tertiary/aromatic N) is 3. The number of nitrogens with one attached hydrogen (secondary N) is 3. The topological polar surface area (TPSA) is 89.2 Å². The van der Waals surface area contributed by atoms with Gasteiger partial charge >= 0.3 is 6.03 Å². The van der Waals surface area contributed by atoms with Gasteiger partial charge in [-0.05, 0) is 69.5 Å². The van der Waals surface area contributed by atoms with Gasteiger partial charge in [0.15, 0.2) is 0 Å². The SMILES string of the molecule is COc1ccc(C(=O)NC2NNC3=C2CN(C(=O)N2C[C@@H]4CCCN4C[C@@H]2Cc2ccccc2)C3(C)C)cc1. The van der Waals surface area contributed by atoms with E-state index in [1.165, 1.54) is 12.0 Å². The molecule has 2 fully saturated rings. The molecular weight excluding hydrogens is 492 g/mol. The Bertz CT molecular complexity index is 1260. The third-order valence-electron chi connectivity index (χ3n) is 8.84. The van der Waals surface area contributed by atoms with Gasteiger partial charge in [-0.15, -0.1) is 0 Å². The summed E-state index contributed by atoms with van der Waals surface area (Å²) in [7, 11) is 1.60. The maximum absolute atomic E-state index is 14.3. The predicted octanol–water partition coefficient (Wildman–Crippen LogP) is 2.72. The second-order valence-corrected chi connectivity index (χ2v) is 11.5. The maximum Gasteiger partial charge on any atom is 0.321 e. The number of hydrazine groups is 1. The normalized spacial score (nSPS) is 25.8. The molecule has 0 bridgehead atoms. The Balaban J connectivity index is 1.19. The number of fused-ring (bicyclic) bond motifs is 1. The predicted molar refractivity (Wildman–Crippen MR) is 149 cm³/mol. The number of ether oxygens (including phenoxy) is 1. The number of carbonyl (C=O) groups is 2. The largest absolute Gasteiger partial charge is 0.497 e. The lowest BCUT2D eigenvalue weighted by Gasteiger charge is -2.47. The highest BCUT2D eigenvalue weighted by atomic mass is 16.5. The summed E-state index contributed by atoms with van der Waals surface area (Å²) in [6.07, 6.45) is 2.78. The van der Waals surface area contributed by atoms with Crippen LogP contribution < -0.4 is 20.9 Å². The van der Waals surface area contributed by atoms with Gasteiger partial charge in [-0.1, -0.05) is 30.3 Å². The van der Waals surface area contributed by atoms with Crippen molar-refractivity contribution in [3.05, 3.63) is 77.0 Å². The molecule has 39 heavy (non-hydrogen) atoms. The minimum Gasteiger partial charge on any atom is -0.497 e. The van der Waals surface area contributed by atoms with Crippen molar-refractivity contribution in [3.63, 3.8) is 0 Å². The Labute approximate surface area is 230 Å². The van der Waals surface area contributed by atoms with Gasteiger partial charge in [0, 0.05) is 36.8 Å². The van der Waals surface area contributed by atoms with Crippen LogP contribution in [0.3, 0.4) is 0 Å². The number of benzene rings is 2. The number of rotatable bonds is 5. The quantitative estimate of drug-likeness (QED) is 0.551. The molecular formula is C30H38N6O3. The Morgan fingerprint density at radius 1 is 1.08 bits per heavy atom. The van der Waals surface area contributed by atoms with Gasteiger partial charge in [-0.25, -0.2) is 10.2 Å². The van der Waals surface area contributed by atoms with Crippen LogP contribution in [0.1, 0.15) is 42.6 Å². The fraction of sp³-hybridized carbons (Fsp3) is 0.467. The molecule has 9 heteroatoms. The van der Waals surface area contributed by atoms with Crippen LogP contribution in [0, 0.1) is 0 Å².